The molecule has 0 radical (unpaired) electrons. The summed E-state index contributed by atoms with van der Waals surface area (Å²) in [5.41, 5.74) is 4.58. The van der Waals surface area contributed by atoms with Gasteiger partial charge in [-0.25, -0.2) is 0 Å². The van der Waals surface area contributed by atoms with Crippen molar-refractivity contribution in [3.8, 4) is 11.1 Å². The fourth-order valence-corrected chi connectivity index (χ4v) is 4.28. The third-order valence-corrected chi connectivity index (χ3v) is 5.88. The molecule has 4 rings (SSSR count). The molecule has 3 aromatic rings. The van der Waals surface area contributed by atoms with Gasteiger partial charge in [0.25, 0.3) is 0 Å². The molecule has 160 valence electrons. The highest BCUT2D eigenvalue weighted by Crippen LogP contribution is 2.22. The first kappa shape index (κ1) is 21.2. The molecule has 1 fully saturated rings. The molecule has 0 N–H and O–H groups in total. The van der Waals surface area contributed by atoms with Gasteiger partial charge in [0.1, 0.15) is 0 Å². The second kappa shape index (κ2) is 10.3. The van der Waals surface area contributed by atoms with E-state index < -0.39 is 0 Å². The molecule has 1 saturated heterocycles. The van der Waals surface area contributed by atoms with Crippen molar-refractivity contribution in [2.24, 2.45) is 5.92 Å². The van der Waals surface area contributed by atoms with E-state index >= 15 is 0 Å². The van der Waals surface area contributed by atoms with Gasteiger partial charge in [-0.05, 0) is 53.8 Å². The molecule has 3 heterocycles. The Hall–Kier alpha value is -3.05. The van der Waals surface area contributed by atoms with Crippen molar-refractivity contribution >= 4 is 5.91 Å². The number of aromatic nitrogens is 2. The van der Waals surface area contributed by atoms with Crippen molar-refractivity contribution in [3.05, 3.63) is 84.4 Å². The molecule has 31 heavy (non-hydrogen) atoms. The van der Waals surface area contributed by atoms with Crippen molar-refractivity contribution in [3.63, 3.8) is 0 Å². The summed E-state index contributed by atoms with van der Waals surface area (Å²) < 4.78 is 0. The molecule has 0 spiro atoms. The fourth-order valence-electron chi connectivity index (χ4n) is 4.28. The Labute approximate surface area is 184 Å². The average Bonchev–Trinajstić information content (AvgIpc) is 2.95. The summed E-state index contributed by atoms with van der Waals surface area (Å²) in [5.74, 6) is 0.244. The predicted octanol–water partition coefficient (Wildman–Crippen LogP) is 4.06. The molecule has 0 aliphatic carbocycles. The lowest BCUT2D eigenvalue weighted by Gasteiger charge is -2.24. The predicted molar refractivity (Wildman–Crippen MR) is 123 cm³/mol. The van der Waals surface area contributed by atoms with Gasteiger partial charge in [-0.2, -0.15) is 0 Å². The van der Waals surface area contributed by atoms with Crippen LogP contribution >= 0.6 is 0 Å². The number of hydrogen-bond donors (Lipinski definition) is 0. The van der Waals surface area contributed by atoms with Gasteiger partial charge in [0, 0.05) is 51.3 Å². The van der Waals surface area contributed by atoms with Crippen LogP contribution in [0.15, 0.2) is 73.2 Å². The average molecular weight is 415 g/mol. The van der Waals surface area contributed by atoms with Crippen molar-refractivity contribution in [1.82, 2.24) is 19.8 Å². The first-order valence-corrected chi connectivity index (χ1v) is 11.1. The molecule has 0 saturated carbocycles. The largest absolute Gasteiger partial charge is 0.341 e. The quantitative estimate of drug-likeness (QED) is 0.585. The third kappa shape index (κ3) is 5.56. The molecule has 2 aromatic heterocycles. The number of hydrogen-bond acceptors (Lipinski definition) is 4. The summed E-state index contributed by atoms with van der Waals surface area (Å²) >= 11 is 0. The van der Waals surface area contributed by atoms with Crippen LogP contribution in [0.5, 0.6) is 0 Å². The Morgan fingerprint density at radius 2 is 1.71 bits per heavy atom. The summed E-state index contributed by atoms with van der Waals surface area (Å²) in [5, 5.41) is 0. The van der Waals surface area contributed by atoms with Crippen LogP contribution in [-0.4, -0.2) is 51.9 Å². The second-order valence-electron chi connectivity index (χ2n) is 8.22. The Bertz CT molecular complexity index is 960. The number of benzene rings is 1. The monoisotopic (exact) mass is 414 g/mol. The van der Waals surface area contributed by atoms with Crippen LogP contribution in [0, 0.1) is 5.92 Å². The maximum absolute atomic E-state index is 13.3. The summed E-state index contributed by atoms with van der Waals surface area (Å²) in [6.45, 7) is 6.19. The van der Waals surface area contributed by atoms with Crippen molar-refractivity contribution in [1.29, 1.82) is 0 Å². The lowest BCUT2D eigenvalue weighted by atomic mass is 9.95. The van der Waals surface area contributed by atoms with E-state index in [0.717, 1.165) is 56.8 Å². The zero-order valence-electron chi connectivity index (χ0n) is 18.2. The van der Waals surface area contributed by atoms with E-state index in [1.165, 1.54) is 11.1 Å². The summed E-state index contributed by atoms with van der Waals surface area (Å²) in [6.07, 6.45) is 7.20. The molecule has 1 amide bonds. The van der Waals surface area contributed by atoms with Crippen LogP contribution in [-0.2, 0) is 17.8 Å². The van der Waals surface area contributed by atoms with E-state index in [2.05, 4.69) is 57.0 Å². The lowest BCUT2D eigenvalue weighted by molar-refractivity contribution is -0.134. The van der Waals surface area contributed by atoms with E-state index in [1.54, 1.807) is 0 Å². The first-order chi connectivity index (χ1) is 15.2. The van der Waals surface area contributed by atoms with Gasteiger partial charge in [-0.3, -0.25) is 19.7 Å². The minimum atomic E-state index is -0.0375. The van der Waals surface area contributed by atoms with Gasteiger partial charge in [0.15, 0.2) is 0 Å². The molecule has 1 aliphatic rings. The van der Waals surface area contributed by atoms with E-state index in [9.17, 15) is 4.79 Å². The molecule has 0 bridgehead atoms. The SMILES string of the molecule is CCCN1CCN(Cc2ccccn2)C[C@H](Cc2ccc(-c3ccncc3)cc2)C1=O. The van der Waals surface area contributed by atoms with Gasteiger partial charge >= 0.3 is 0 Å². The molecule has 1 atom stereocenters. The molecule has 0 unspecified atom stereocenters. The smallest absolute Gasteiger partial charge is 0.227 e. The Morgan fingerprint density at radius 3 is 2.42 bits per heavy atom. The van der Waals surface area contributed by atoms with Crippen LogP contribution < -0.4 is 0 Å². The van der Waals surface area contributed by atoms with Crippen molar-refractivity contribution < 1.29 is 4.79 Å². The standard InChI is InChI=1S/C26H30N4O/c1-2-15-30-17-16-29(20-25-5-3-4-12-28-25)19-24(26(30)31)18-21-6-8-22(9-7-21)23-10-13-27-14-11-23/h3-14,24H,2,15-20H2,1H3/t24-/m0/s1. The summed E-state index contributed by atoms with van der Waals surface area (Å²) in [6, 6.07) is 18.6. The number of carbonyl (C=O) groups excluding carboxylic acids is 1. The Morgan fingerprint density at radius 1 is 0.935 bits per heavy atom. The minimum absolute atomic E-state index is 0.0375. The number of amides is 1. The lowest BCUT2D eigenvalue weighted by Crippen LogP contribution is -2.37. The fraction of sp³-hybridized carbons (Fsp3) is 0.346. The minimum Gasteiger partial charge on any atom is -0.341 e. The number of rotatable bonds is 7. The highest BCUT2D eigenvalue weighted by molar-refractivity contribution is 5.79. The van der Waals surface area contributed by atoms with E-state index in [1.807, 2.05) is 42.9 Å². The van der Waals surface area contributed by atoms with Gasteiger partial charge < -0.3 is 4.90 Å². The molecule has 1 aliphatic heterocycles. The van der Waals surface area contributed by atoms with Gasteiger partial charge in [-0.1, -0.05) is 37.3 Å². The molecule has 1 aromatic carbocycles. The first-order valence-electron chi connectivity index (χ1n) is 11.1. The van der Waals surface area contributed by atoms with Crippen LogP contribution in [0.25, 0.3) is 11.1 Å². The van der Waals surface area contributed by atoms with Crippen molar-refractivity contribution in [2.45, 2.75) is 26.3 Å². The topological polar surface area (TPSA) is 49.3 Å². The summed E-state index contributed by atoms with van der Waals surface area (Å²) in [4.78, 5) is 26.3. The van der Waals surface area contributed by atoms with Gasteiger partial charge in [-0.15, -0.1) is 0 Å². The van der Waals surface area contributed by atoms with E-state index in [-0.39, 0.29) is 11.8 Å². The van der Waals surface area contributed by atoms with Gasteiger partial charge in [0.2, 0.25) is 5.91 Å². The highest BCUT2D eigenvalue weighted by atomic mass is 16.2. The second-order valence-corrected chi connectivity index (χ2v) is 8.22. The molecular weight excluding hydrogens is 384 g/mol. The highest BCUT2D eigenvalue weighted by Gasteiger charge is 2.30. The molecule has 5 nitrogen and oxygen atoms in total. The normalized spacial score (nSPS) is 17.5. The number of pyridine rings is 2. The van der Waals surface area contributed by atoms with Crippen LogP contribution in [0.3, 0.4) is 0 Å². The van der Waals surface area contributed by atoms with Crippen LogP contribution in [0.2, 0.25) is 0 Å². The maximum Gasteiger partial charge on any atom is 0.227 e. The van der Waals surface area contributed by atoms with Crippen LogP contribution in [0.1, 0.15) is 24.6 Å². The van der Waals surface area contributed by atoms with Gasteiger partial charge in [0.05, 0.1) is 11.6 Å². The molecule has 5 heteroatoms. The molecular formula is C26H30N4O. The Balaban J connectivity index is 1.49. The number of nitrogens with zero attached hydrogens (tertiary/aromatic N) is 4. The zero-order valence-corrected chi connectivity index (χ0v) is 18.2. The van der Waals surface area contributed by atoms with Crippen LogP contribution in [0.4, 0.5) is 0 Å². The van der Waals surface area contributed by atoms with E-state index in [4.69, 9.17) is 0 Å². The maximum atomic E-state index is 13.3. The van der Waals surface area contributed by atoms with Crippen molar-refractivity contribution in [2.75, 3.05) is 26.2 Å². The Kier molecular flexibility index (Phi) is 7.05. The zero-order chi connectivity index (χ0) is 21.5. The van der Waals surface area contributed by atoms with E-state index in [0.29, 0.717) is 0 Å². The number of carbonyl (C=O) groups is 1. The summed E-state index contributed by atoms with van der Waals surface area (Å²) in [7, 11) is 0. The third-order valence-electron chi connectivity index (χ3n) is 5.88.